The summed E-state index contributed by atoms with van der Waals surface area (Å²) in [6.45, 7) is 8.73. The van der Waals surface area contributed by atoms with Crippen molar-refractivity contribution in [1.29, 1.82) is 0 Å². The molecular formula is C23H27OP. The molecular weight excluding hydrogens is 323 g/mol. The maximum Gasteiger partial charge on any atom is 0.146 e. The third-order valence-electron chi connectivity index (χ3n) is 5.39. The predicted molar refractivity (Wildman–Crippen MR) is 109 cm³/mol. The highest BCUT2D eigenvalue weighted by molar-refractivity contribution is 7.78. The van der Waals surface area contributed by atoms with Gasteiger partial charge in [-0.15, -0.1) is 0 Å². The van der Waals surface area contributed by atoms with Crippen LogP contribution in [0.15, 0.2) is 84.5 Å². The Kier molecular flexibility index (Phi) is 5.45. The molecule has 1 fully saturated rings. The Morgan fingerprint density at radius 3 is 1.80 bits per heavy atom. The molecule has 3 rings (SSSR count). The van der Waals surface area contributed by atoms with Crippen molar-refractivity contribution in [3.05, 3.63) is 84.5 Å². The summed E-state index contributed by atoms with van der Waals surface area (Å²) in [5.74, 6) is 1.03. The Hall–Kier alpha value is -1.85. The largest absolute Gasteiger partial charge is 0.313 e. The average molecular weight is 350 g/mol. The zero-order valence-electron chi connectivity index (χ0n) is 15.2. The van der Waals surface area contributed by atoms with E-state index >= 15 is 0 Å². The van der Waals surface area contributed by atoms with Gasteiger partial charge in [0.05, 0.1) is 0 Å². The van der Waals surface area contributed by atoms with E-state index in [1.807, 2.05) is 60.7 Å². The van der Waals surface area contributed by atoms with E-state index < -0.39 is 7.14 Å². The van der Waals surface area contributed by atoms with E-state index in [-0.39, 0.29) is 0 Å². The molecule has 0 amide bonds. The van der Waals surface area contributed by atoms with Gasteiger partial charge in [-0.3, -0.25) is 0 Å². The van der Waals surface area contributed by atoms with E-state index in [9.17, 15) is 4.57 Å². The Morgan fingerprint density at radius 1 is 0.920 bits per heavy atom. The molecule has 0 aromatic heterocycles. The molecule has 0 saturated heterocycles. The molecule has 0 aliphatic heterocycles. The SMILES string of the molecule is C=C1[C@H](C)CC(=CCP(=O)(c2ccccc2)c2ccccc2)C[C@H]1C. The summed E-state index contributed by atoms with van der Waals surface area (Å²) in [5.41, 5.74) is 2.78. The van der Waals surface area contributed by atoms with Gasteiger partial charge in [0, 0.05) is 16.8 Å². The Balaban J connectivity index is 1.93. The summed E-state index contributed by atoms with van der Waals surface area (Å²) in [6.07, 6.45) is 4.95. The van der Waals surface area contributed by atoms with E-state index in [0.717, 1.165) is 23.5 Å². The summed E-state index contributed by atoms with van der Waals surface area (Å²) < 4.78 is 14.0. The molecule has 0 N–H and O–H groups in total. The number of benzene rings is 2. The van der Waals surface area contributed by atoms with Gasteiger partial charge in [-0.2, -0.15) is 0 Å². The van der Waals surface area contributed by atoms with E-state index in [1.54, 1.807) is 0 Å². The minimum absolute atomic E-state index is 0.517. The van der Waals surface area contributed by atoms with Gasteiger partial charge in [-0.25, -0.2) is 0 Å². The van der Waals surface area contributed by atoms with Crippen LogP contribution in [0.1, 0.15) is 26.7 Å². The highest BCUT2D eigenvalue weighted by atomic mass is 31.2. The van der Waals surface area contributed by atoms with Gasteiger partial charge in [0.2, 0.25) is 0 Å². The second-order valence-corrected chi connectivity index (χ2v) is 10.1. The molecule has 2 heteroatoms. The molecule has 0 heterocycles. The van der Waals surface area contributed by atoms with Crippen LogP contribution >= 0.6 is 7.14 Å². The summed E-state index contributed by atoms with van der Waals surface area (Å²) in [5, 5.41) is 1.89. The lowest BCUT2D eigenvalue weighted by Crippen LogP contribution is -2.19. The molecule has 1 aliphatic rings. The number of hydrogen-bond donors (Lipinski definition) is 0. The zero-order chi connectivity index (χ0) is 17.9. The number of rotatable bonds is 4. The van der Waals surface area contributed by atoms with Crippen molar-refractivity contribution in [2.45, 2.75) is 26.7 Å². The second kappa shape index (κ2) is 7.58. The van der Waals surface area contributed by atoms with Gasteiger partial charge >= 0.3 is 0 Å². The van der Waals surface area contributed by atoms with E-state index in [2.05, 4.69) is 26.5 Å². The first-order valence-electron chi connectivity index (χ1n) is 9.07. The van der Waals surface area contributed by atoms with Crippen LogP contribution in [-0.4, -0.2) is 6.16 Å². The van der Waals surface area contributed by atoms with Gasteiger partial charge in [0.15, 0.2) is 0 Å². The first-order valence-corrected chi connectivity index (χ1v) is 11.0. The third-order valence-corrected chi connectivity index (χ3v) is 8.35. The van der Waals surface area contributed by atoms with E-state index in [4.69, 9.17) is 0 Å². The van der Waals surface area contributed by atoms with Gasteiger partial charge in [-0.05, 0) is 24.7 Å². The summed E-state index contributed by atoms with van der Waals surface area (Å²) in [7, 11) is -2.64. The lowest BCUT2D eigenvalue weighted by Gasteiger charge is -2.30. The highest BCUT2D eigenvalue weighted by Gasteiger charge is 2.27. The lowest BCUT2D eigenvalue weighted by atomic mass is 9.77. The monoisotopic (exact) mass is 350 g/mol. The van der Waals surface area contributed by atoms with Gasteiger partial charge < -0.3 is 4.57 Å². The average Bonchev–Trinajstić information content (AvgIpc) is 2.65. The van der Waals surface area contributed by atoms with Crippen molar-refractivity contribution >= 4 is 17.8 Å². The molecule has 2 aromatic carbocycles. The summed E-state index contributed by atoms with van der Waals surface area (Å²) >= 11 is 0. The molecule has 0 spiro atoms. The molecule has 1 aliphatic carbocycles. The van der Waals surface area contributed by atoms with Crippen LogP contribution in [0.3, 0.4) is 0 Å². The Morgan fingerprint density at radius 2 is 1.36 bits per heavy atom. The van der Waals surface area contributed by atoms with Gasteiger partial charge in [-0.1, -0.05) is 98.3 Å². The molecule has 130 valence electrons. The molecule has 25 heavy (non-hydrogen) atoms. The van der Waals surface area contributed by atoms with Crippen LogP contribution in [0.4, 0.5) is 0 Å². The highest BCUT2D eigenvalue weighted by Crippen LogP contribution is 2.45. The van der Waals surface area contributed by atoms with Crippen molar-refractivity contribution in [2.75, 3.05) is 6.16 Å². The van der Waals surface area contributed by atoms with Crippen molar-refractivity contribution < 1.29 is 4.57 Å². The first kappa shape index (κ1) is 18.0. The van der Waals surface area contributed by atoms with E-state index in [1.165, 1.54) is 11.1 Å². The van der Waals surface area contributed by atoms with Crippen molar-refractivity contribution in [3.8, 4) is 0 Å². The molecule has 2 atom stereocenters. The molecule has 2 aromatic rings. The zero-order valence-corrected chi connectivity index (χ0v) is 16.1. The van der Waals surface area contributed by atoms with Crippen LogP contribution < -0.4 is 10.6 Å². The predicted octanol–water partition coefficient (Wildman–Crippen LogP) is 5.55. The first-order chi connectivity index (χ1) is 12.0. The van der Waals surface area contributed by atoms with Crippen LogP contribution in [0.5, 0.6) is 0 Å². The standard InChI is InChI=1S/C23H27OP/c1-18-16-21(17-19(2)20(18)3)14-15-25(24,22-10-6-4-7-11-22)23-12-8-5-9-13-23/h4-14,18-19H,3,15-17H2,1-2H3/t18-,19-/m1/s1. The summed E-state index contributed by atoms with van der Waals surface area (Å²) in [6, 6.07) is 19.9. The van der Waals surface area contributed by atoms with Crippen LogP contribution in [-0.2, 0) is 4.57 Å². The molecule has 0 unspecified atom stereocenters. The fourth-order valence-electron chi connectivity index (χ4n) is 3.74. The van der Waals surface area contributed by atoms with Crippen molar-refractivity contribution in [3.63, 3.8) is 0 Å². The molecule has 0 bridgehead atoms. The minimum atomic E-state index is -2.64. The number of allylic oxidation sites excluding steroid dienone is 3. The second-order valence-electron chi connectivity index (χ2n) is 7.24. The topological polar surface area (TPSA) is 17.1 Å². The Labute approximate surface area is 151 Å². The fourth-order valence-corrected chi connectivity index (χ4v) is 6.28. The van der Waals surface area contributed by atoms with E-state index in [0.29, 0.717) is 18.0 Å². The van der Waals surface area contributed by atoms with Crippen LogP contribution in [0.2, 0.25) is 0 Å². The van der Waals surface area contributed by atoms with Crippen LogP contribution in [0, 0.1) is 11.8 Å². The number of hydrogen-bond acceptors (Lipinski definition) is 1. The maximum atomic E-state index is 14.0. The summed E-state index contributed by atoms with van der Waals surface area (Å²) in [4.78, 5) is 0. The molecule has 1 saturated carbocycles. The lowest BCUT2D eigenvalue weighted by molar-refractivity contribution is 0.482. The molecule has 1 nitrogen and oxygen atoms in total. The molecule has 0 radical (unpaired) electrons. The van der Waals surface area contributed by atoms with Crippen molar-refractivity contribution in [2.24, 2.45) is 11.8 Å². The Bertz CT molecular complexity index is 745. The smallest absolute Gasteiger partial charge is 0.146 e. The van der Waals surface area contributed by atoms with Gasteiger partial charge in [0.1, 0.15) is 7.14 Å². The minimum Gasteiger partial charge on any atom is -0.313 e. The fraction of sp³-hybridized carbons (Fsp3) is 0.304. The van der Waals surface area contributed by atoms with Gasteiger partial charge in [0.25, 0.3) is 0 Å². The quantitative estimate of drug-likeness (QED) is 0.522. The van der Waals surface area contributed by atoms with Crippen LogP contribution in [0.25, 0.3) is 0 Å². The normalized spacial score (nSPS) is 21.2. The third kappa shape index (κ3) is 3.88. The van der Waals surface area contributed by atoms with Crippen molar-refractivity contribution in [1.82, 2.24) is 0 Å². The maximum absolute atomic E-state index is 14.0.